The molecule has 0 saturated carbocycles. The molecule has 0 unspecified atom stereocenters. The van der Waals surface area contributed by atoms with Crippen molar-refractivity contribution in [3.63, 3.8) is 0 Å². The van der Waals surface area contributed by atoms with Gasteiger partial charge in [-0.3, -0.25) is 7.32 Å². The molecule has 0 heterocycles. The summed E-state index contributed by atoms with van der Waals surface area (Å²) in [5, 5.41) is 25.2. The van der Waals surface area contributed by atoms with Crippen LogP contribution >= 0.6 is 0 Å². The molecule has 0 aliphatic rings. The monoisotopic (exact) mass is 224 g/mol. The van der Waals surface area contributed by atoms with Gasteiger partial charge in [-0.15, -0.1) is 0 Å². The van der Waals surface area contributed by atoms with Crippen LogP contribution in [0.4, 0.5) is 0 Å². The van der Waals surface area contributed by atoms with Crippen molar-refractivity contribution in [1.29, 1.82) is 0 Å². The number of hydrogen-bond acceptors (Lipinski definition) is 3. The zero-order chi connectivity index (χ0) is 3.58. The molecule has 24 valence electrons. The molecule has 3 nitrogen and oxygen atoms in total. The Morgan fingerprint density at radius 2 is 1.00 bits per heavy atom. The normalized spacial score (nSPS) is 4.50. The van der Waals surface area contributed by atoms with E-state index in [0.29, 0.717) is 0 Å². The second-order valence-electron chi connectivity index (χ2n) is 0.289. The average molecular weight is 223 g/mol. The van der Waals surface area contributed by atoms with E-state index in [1.165, 1.54) is 0 Å². The van der Waals surface area contributed by atoms with Gasteiger partial charge in [0.15, 0.2) is 0 Å². The molecule has 0 aromatic carbocycles. The Kier molecular flexibility index (Phi) is 26.5. The molecular weight excluding hydrogens is 223 g/mol. The average Bonchev–Trinajstić information content (AvgIpc) is 0.811. The maximum Gasteiger partial charge on any atom is 3.00 e. The van der Waals surface area contributed by atoms with E-state index in [1.54, 1.807) is 0 Å². The first-order valence-corrected chi connectivity index (χ1v) is 0.707. The van der Waals surface area contributed by atoms with Crippen molar-refractivity contribution >= 4 is 73.6 Å². The molecule has 0 aromatic heterocycles. The van der Waals surface area contributed by atoms with Gasteiger partial charge in [0.05, 0.1) is 0 Å². The molecule has 6 heavy (non-hydrogen) atoms. The summed E-state index contributed by atoms with van der Waals surface area (Å²) >= 11 is 0. The molecule has 6 heteroatoms. The summed E-state index contributed by atoms with van der Waals surface area (Å²) in [7, 11) is -2.92. The smallest absolute Gasteiger partial charge is 0.907 e. The summed E-state index contributed by atoms with van der Waals surface area (Å²) in [6.45, 7) is 0. The van der Waals surface area contributed by atoms with Crippen LogP contribution in [0.1, 0.15) is 0 Å². The minimum Gasteiger partial charge on any atom is -0.907 e. The zero-order valence-corrected chi connectivity index (χ0v) is 8.68. The topological polar surface area (TPSA) is 69.2 Å². The van der Waals surface area contributed by atoms with Gasteiger partial charge in [-0.1, -0.05) is 0 Å². The Labute approximate surface area is 87.1 Å². The van der Waals surface area contributed by atoms with Crippen molar-refractivity contribution in [1.82, 2.24) is 0 Å². The van der Waals surface area contributed by atoms with Gasteiger partial charge < -0.3 is 15.1 Å². The molecule has 0 spiro atoms. The van der Waals surface area contributed by atoms with E-state index < -0.39 is 7.32 Å². The fraction of sp³-hybridized carbons (Fsp3) is 0. The van der Waals surface area contributed by atoms with Gasteiger partial charge in [0.25, 0.3) is 0 Å². The standard InChI is InChI=1S/Al.BO3.Ba/c;2-1(3)4;/q+3;-3;+2. The van der Waals surface area contributed by atoms with Crippen molar-refractivity contribution in [2.24, 2.45) is 0 Å². The van der Waals surface area contributed by atoms with Crippen molar-refractivity contribution in [2.75, 3.05) is 0 Å². The Hall–Kier alpha value is 2.05. The third kappa shape index (κ3) is 36.7. The van der Waals surface area contributed by atoms with Crippen molar-refractivity contribution in [3.8, 4) is 0 Å². The SMILES string of the molecule is [Al+3].[Ba+2].[O-]B([O-])[O-]. The predicted octanol–water partition coefficient (Wildman–Crippen LogP) is -4.71. The van der Waals surface area contributed by atoms with Crippen LogP contribution in [0.25, 0.3) is 0 Å². The van der Waals surface area contributed by atoms with Crippen molar-refractivity contribution in [2.45, 2.75) is 0 Å². The second kappa shape index (κ2) is 10.1. The largest absolute Gasteiger partial charge is 3.00 e. The Balaban J connectivity index is -0.0000000450. The molecule has 0 aliphatic heterocycles. The summed E-state index contributed by atoms with van der Waals surface area (Å²) in [5.74, 6) is 0. The maximum absolute atomic E-state index is 8.42. The predicted molar refractivity (Wildman–Crippen MR) is 17.3 cm³/mol. The molecule has 0 aromatic rings. The van der Waals surface area contributed by atoms with Gasteiger partial charge in [0.1, 0.15) is 0 Å². The molecule has 0 aliphatic carbocycles. The summed E-state index contributed by atoms with van der Waals surface area (Å²) in [5.41, 5.74) is 0. The molecule has 0 bridgehead atoms. The van der Waals surface area contributed by atoms with Crippen LogP contribution in [0, 0.1) is 0 Å². The zero-order valence-electron chi connectivity index (χ0n) is 3.09. The Bertz CT molecular complexity index is 15.5. The van der Waals surface area contributed by atoms with Crippen LogP contribution in [0.3, 0.4) is 0 Å². The van der Waals surface area contributed by atoms with E-state index >= 15 is 0 Å². The summed E-state index contributed by atoms with van der Waals surface area (Å²) < 4.78 is 0. The molecule has 0 amide bonds. The van der Waals surface area contributed by atoms with E-state index in [4.69, 9.17) is 15.1 Å². The molecule has 0 N–H and O–H groups in total. The summed E-state index contributed by atoms with van der Waals surface area (Å²) in [6.07, 6.45) is 0. The minimum atomic E-state index is -2.92. The van der Waals surface area contributed by atoms with E-state index in [-0.39, 0.29) is 66.2 Å². The van der Waals surface area contributed by atoms with Gasteiger partial charge in [0.2, 0.25) is 0 Å². The molecule has 0 rings (SSSR count). The van der Waals surface area contributed by atoms with Crippen LogP contribution in [0.15, 0.2) is 0 Å². The van der Waals surface area contributed by atoms with Crippen LogP contribution in [0.5, 0.6) is 0 Å². The fourth-order valence-electron chi connectivity index (χ4n) is 0. The summed E-state index contributed by atoms with van der Waals surface area (Å²) in [6, 6.07) is 0. The third-order valence-corrected chi connectivity index (χ3v) is 0. The molecule has 0 saturated heterocycles. The molecule has 0 radical (unpaired) electrons. The van der Waals surface area contributed by atoms with Gasteiger partial charge in [-0.25, -0.2) is 0 Å². The van der Waals surface area contributed by atoms with Crippen LogP contribution in [-0.2, 0) is 0 Å². The minimum absolute atomic E-state index is 0. The van der Waals surface area contributed by atoms with E-state index in [1.807, 2.05) is 0 Å². The Morgan fingerprint density at radius 1 is 1.00 bits per heavy atom. The number of rotatable bonds is 0. The van der Waals surface area contributed by atoms with Gasteiger partial charge in [0, 0.05) is 0 Å². The van der Waals surface area contributed by atoms with E-state index in [2.05, 4.69) is 0 Å². The van der Waals surface area contributed by atoms with Crippen LogP contribution < -0.4 is 15.1 Å². The van der Waals surface area contributed by atoms with Gasteiger partial charge in [-0.05, 0) is 0 Å². The van der Waals surface area contributed by atoms with Crippen molar-refractivity contribution < 1.29 is 15.1 Å². The second-order valence-corrected chi connectivity index (χ2v) is 0.289. The van der Waals surface area contributed by atoms with Gasteiger partial charge >= 0.3 is 66.2 Å². The quantitative estimate of drug-likeness (QED) is 0.387. The number of hydrogen-bond donors (Lipinski definition) is 0. The first-order chi connectivity index (χ1) is 1.73. The van der Waals surface area contributed by atoms with E-state index in [9.17, 15) is 0 Å². The van der Waals surface area contributed by atoms with E-state index in [0.717, 1.165) is 0 Å². The summed E-state index contributed by atoms with van der Waals surface area (Å²) in [4.78, 5) is 0. The fourth-order valence-corrected chi connectivity index (χ4v) is 0. The third-order valence-electron chi connectivity index (χ3n) is 0. The van der Waals surface area contributed by atoms with Crippen LogP contribution in [-0.4, -0.2) is 73.6 Å². The molecular formula is AlBBaO3+2. The van der Waals surface area contributed by atoms with Crippen LogP contribution in [0.2, 0.25) is 0 Å². The first-order valence-electron chi connectivity index (χ1n) is 0.707. The molecule has 0 atom stereocenters. The van der Waals surface area contributed by atoms with Gasteiger partial charge in [-0.2, -0.15) is 0 Å². The maximum atomic E-state index is 8.42. The van der Waals surface area contributed by atoms with Crippen molar-refractivity contribution in [3.05, 3.63) is 0 Å². The Morgan fingerprint density at radius 3 is 1.00 bits per heavy atom. The molecule has 0 fully saturated rings. The first kappa shape index (κ1) is 15.7.